The molecule has 1 fully saturated rings. The minimum absolute atomic E-state index is 0.326. The molecular formula is C15H18FNO3. The highest BCUT2D eigenvalue weighted by Gasteiger charge is 2.31. The number of carboxylic acids is 1. The van der Waals surface area contributed by atoms with Gasteiger partial charge < -0.3 is 10.0 Å². The molecule has 0 aliphatic heterocycles. The van der Waals surface area contributed by atoms with Gasteiger partial charge in [0, 0.05) is 13.1 Å². The molecule has 1 aromatic carbocycles. The van der Waals surface area contributed by atoms with Crippen LogP contribution in [0.4, 0.5) is 4.39 Å². The van der Waals surface area contributed by atoms with Crippen LogP contribution in [0, 0.1) is 17.7 Å². The van der Waals surface area contributed by atoms with Gasteiger partial charge in [-0.25, -0.2) is 4.39 Å². The number of amides is 1. The van der Waals surface area contributed by atoms with Gasteiger partial charge in [-0.1, -0.05) is 12.1 Å². The zero-order valence-electron chi connectivity index (χ0n) is 11.4. The number of aliphatic carboxylic acids is 1. The van der Waals surface area contributed by atoms with Crippen LogP contribution in [0.2, 0.25) is 0 Å². The average molecular weight is 279 g/mol. The van der Waals surface area contributed by atoms with E-state index in [-0.39, 0.29) is 11.7 Å². The SMILES string of the molecule is CC(C(=O)O)C(=O)N(Cc1ccc(F)cc1)CC1CC1. The van der Waals surface area contributed by atoms with E-state index in [0.29, 0.717) is 19.0 Å². The Bertz CT molecular complexity index is 496. The Morgan fingerprint density at radius 2 is 1.95 bits per heavy atom. The molecule has 0 aromatic heterocycles. The summed E-state index contributed by atoms with van der Waals surface area (Å²) in [6, 6.07) is 5.92. The van der Waals surface area contributed by atoms with Crippen LogP contribution in [0.25, 0.3) is 0 Å². The molecule has 4 nitrogen and oxygen atoms in total. The molecule has 0 bridgehead atoms. The molecule has 20 heavy (non-hydrogen) atoms. The number of benzene rings is 1. The van der Waals surface area contributed by atoms with Crippen molar-refractivity contribution >= 4 is 11.9 Å². The van der Waals surface area contributed by atoms with Crippen molar-refractivity contribution in [2.24, 2.45) is 11.8 Å². The second kappa shape index (κ2) is 6.03. The van der Waals surface area contributed by atoms with Gasteiger partial charge >= 0.3 is 5.97 Å². The van der Waals surface area contributed by atoms with Gasteiger partial charge in [-0.05, 0) is 43.4 Å². The number of carboxylic acid groups (broad SMARTS) is 1. The van der Waals surface area contributed by atoms with Crippen molar-refractivity contribution in [1.29, 1.82) is 0 Å². The van der Waals surface area contributed by atoms with Crippen LogP contribution in [-0.4, -0.2) is 28.4 Å². The molecule has 1 unspecified atom stereocenters. The van der Waals surface area contributed by atoms with Gasteiger partial charge in [-0.15, -0.1) is 0 Å². The van der Waals surface area contributed by atoms with Gasteiger partial charge in [0.15, 0.2) is 0 Å². The highest BCUT2D eigenvalue weighted by atomic mass is 19.1. The van der Waals surface area contributed by atoms with E-state index in [1.165, 1.54) is 19.1 Å². The predicted octanol–water partition coefficient (Wildman–Crippen LogP) is 2.29. The summed E-state index contributed by atoms with van der Waals surface area (Å²) in [6.07, 6.45) is 2.16. The van der Waals surface area contributed by atoms with Crippen molar-refractivity contribution in [2.45, 2.75) is 26.3 Å². The first-order valence-electron chi connectivity index (χ1n) is 6.73. The van der Waals surface area contributed by atoms with Gasteiger partial charge in [0.2, 0.25) is 5.91 Å². The summed E-state index contributed by atoms with van der Waals surface area (Å²) in [5.74, 6) is -2.40. The van der Waals surface area contributed by atoms with Crippen molar-refractivity contribution in [3.05, 3.63) is 35.6 Å². The van der Waals surface area contributed by atoms with E-state index in [9.17, 15) is 14.0 Å². The topological polar surface area (TPSA) is 57.6 Å². The van der Waals surface area contributed by atoms with Crippen LogP contribution in [0.5, 0.6) is 0 Å². The lowest BCUT2D eigenvalue weighted by Gasteiger charge is -2.24. The molecule has 1 atom stereocenters. The summed E-state index contributed by atoms with van der Waals surface area (Å²) < 4.78 is 12.9. The minimum Gasteiger partial charge on any atom is -0.481 e. The van der Waals surface area contributed by atoms with E-state index in [1.807, 2.05) is 0 Å². The van der Waals surface area contributed by atoms with Gasteiger partial charge in [-0.2, -0.15) is 0 Å². The number of carbonyl (C=O) groups is 2. The molecule has 2 rings (SSSR count). The predicted molar refractivity (Wildman–Crippen MR) is 71.3 cm³/mol. The van der Waals surface area contributed by atoms with E-state index in [4.69, 9.17) is 5.11 Å². The third-order valence-electron chi connectivity index (χ3n) is 3.51. The van der Waals surface area contributed by atoms with E-state index >= 15 is 0 Å². The first-order valence-corrected chi connectivity index (χ1v) is 6.73. The molecule has 1 saturated carbocycles. The van der Waals surface area contributed by atoms with Crippen molar-refractivity contribution in [3.8, 4) is 0 Å². The highest BCUT2D eigenvalue weighted by molar-refractivity contribution is 5.96. The highest BCUT2D eigenvalue weighted by Crippen LogP contribution is 2.30. The van der Waals surface area contributed by atoms with E-state index in [1.54, 1.807) is 17.0 Å². The fraction of sp³-hybridized carbons (Fsp3) is 0.467. The number of nitrogens with zero attached hydrogens (tertiary/aromatic N) is 1. The van der Waals surface area contributed by atoms with E-state index in [2.05, 4.69) is 0 Å². The largest absolute Gasteiger partial charge is 0.481 e. The van der Waals surface area contributed by atoms with Crippen LogP contribution in [0.15, 0.2) is 24.3 Å². The molecule has 0 radical (unpaired) electrons. The molecule has 1 aliphatic carbocycles. The van der Waals surface area contributed by atoms with E-state index in [0.717, 1.165) is 18.4 Å². The maximum absolute atomic E-state index is 12.9. The van der Waals surface area contributed by atoms with Gasteiger partial charge in [0.05, 0.1) is 0 Å². The average Bonchev–Trinajstić information content (AvgIpc) is 3.22. The van der Waals surface area contributed by atoms with Crippen molar-refractivity contribution in [1.82, 2.24) is 4.90 Å². The molecule has 5 heteroatoms. The number of rotatable bonds is 6. The molecule has 108 valence electrons. The van der Waals surface area contributed by atoms with Crippen LogP contribution >= 0.6 is 0 Å². The zero-order chi connectivity index (χ0) is 14.7. The van der Waals surface area contributed by atoms with Crippen LogP contribution in [-0.2, 0) is 16.1 Å². The fourth-order valence-corrected chi connectivity index (χ4v) is 2.03. The Labute approximate surface area is 117 Å². The summed E-state index contributed by atoms with van der Waals surface area (Å²) >= 11 is 0. The first-order chi connectivity index (χ1) is 9.47. The van der Waals surface area contributed by atoms with Crippen molar-refractivity contribution in [2.75, 3.05) is 6.54 Å². The number of hydrogen-bond acceptors (Lipinski definition) is 2. The lowest BCUT2D eigenvalue weighted by Crippen LogP contribution is -2.39. The van der Waals surface area contributed by atoms with Crippen LogP contribution in [0.3, 0.4) is 0 Å². The normalized spacial score (nSPS) is 15.7. The molecule has 0 spiro atoms. The number of hydrogen-bond donors (Lipinski definition) is 1. The molecule has 1 amide bonds. The second-order valence-electron chi connectivity index (χ2n) is 5.35. The smallest absolute Gasteiger partial charge is 0.315 e. The number of carbonyl (C=O) groups excluding carboxylic acids is 1. The van der Waals surface area contributed by atoms with Crippen molar-refractivity contribution in [3.63, 3.8) is 0 Å². The Balaban J connectivity index is 2.08. The van der Waals surface area contributed by atoms with Crippen molar-refractivity contribution < 1.29 is 19.1 Å². The fourth-order valence-electron chi connectivity index (χ4n) is 2.03. The Morgan fingerprint density at radius 1 is 1.35 bits per heavy atom. The molecule has 0 saturated heterocycles. The van der Waals surface area contributed by atoms with Crippen LogP contribution in [0.1, 0.15) is 25.3 Å². The first kappa shape index (κ1) is 14.5. The Kier molecular flexibility index (Phi) is 4.37. The summed E-state index contributed by atoms with van der Waals surface area (Å²) in [6.45, 7) is 2.30. The minimum atomic E-state index is -1.12. The lowest BCUT2D eigenvalue weighted by molar-refractivity contribution is -0.150. The molecule has 0 heterocycles. The van der Waals surface area contributed by atoms with E-state index < -0.39 is 11.9 Å². The maximum Gasteiger partial charge on any atom is 0.315 e. The standard InChI is InChI=1S/C15H18FNO3/c1-10(15(19)20)14(18)17(8-11-2-3-11)9-12-4-6-13(16)7-5-12/h4-7,10-11H,2-3,8-9H2,1H3,(H,19,20). The van der Waals surface area contributed by atoms with Gasteiger partial charge in [0.25, 0.3) is 0 Å². The third-order valence-corrected chi connectivity index (χ3v) is 3.51. The molecule has 1 aromatic rings. The molecule has 1 aliphatic rings. The maximum atomic E-state index is 12.9. The Hall–Kier alpha value is -1.91. The summed E-state index contributed by atoms with van der Waals surface area (Å²) in [7, 11) is 0. The lowest BCUT2D eigenvalue weighted by atomic mass is 10.1. The molecule has 1 N–H and O–H groups in total. The summed E-state index contributed by atoms with van der Waals surface area (Å²) in [4.78, 5) is 24.7. The second-order valence-corrected chi connectivity index (χ2v) is 5.35. The van der Waals surface area contributed by atoms with Gasteiger partial charge in [0.1, 0.15) is 11.7 Å². The monoisotopic (exact) mass is 279 g/mol. The third kappa shape index (κ3) is 3.79. The zero-order valence-corrected chi connectivity index (χ0v) is 11.4. The summed E-state index contributed by atoms with van der Waals surface area (Å²) in [5, 5.41) is 8.96. The molecular weight excluding hydrogens is 261 g/mol. The Morgan fingerprint density at radius 3 is 2.45 bits per heavy atom. The quantitative estimate of drug-likeness (QED) is 0.813. The van der Waals surface area contributed by atoms with Crippen LogP contribution < -0.4 is 0 Å². The summed E-state index contributed by atoms with van der Waals surface area (Å²) in [5.41, 5.74) is 0.804. The van der Waals surface area contributed by atoms with Gasteiger partial charge in [-0.3, -0.25) is 9.59 Å². The number of halogens is 1.